The Kier molecular flexibility index (Phi) is 5.35. The summed E-state index contributed by atoms with van der Waals surface area (Å²) in [5, 5.41) is 6.72. The number of aromatic nitrogens is 1. The Morgan fingerprint density at radius 3 is 2.74 bits per heavy atom. The highest BCUT2D eigenvalue weighted by Crippen LogP contribution is 2.22. The van der Waals surface area contributed by atoms with Crippen molar-refractivity contribution in [3.63, 3.8) is 0 Å². The highest BCUT2D eigenvalue weighted by molar-refractivity contribution is 7.13. The van der Waals surface area contributed by atoms with Crippen LogP contribution in [0.25, 0.3) is 0 Å². The summed E-state index contributed by atoms with van der Waals surface area (Å²) in [7, 11) is 0. The Labute approximate surface area is 144 Å². The van der Waals surface area contributed by atoms with Gasteiger partial charge in [0.1, 0.15) is 5.75 Å². The summed E-state index contributed by atoms with van der Waals surface area (Å²) in [6.07, 6.45) is 3.67. The minimum Gasteiger partial charge on any atom is -0.484 e. The summed E-state index contributed by atoms with van der Waals surface area (Å²) < 4.78 is 5.45. The van der Waals surface area contributed by atoms with E-state index in [9.17, 15) is 4.79 Å². The van der Waals surface area contributed by atoms with E-state index in [1.54, 1.807) is 35.6 Å². The van der Waals surface area contributed by atoms with Crippen LogP contribution in [0.2, 0.25) is 5.02 Å². The number of carbonyl (C=O) groups is 1. The standard InChI is InChI=1S/C16H18ClN3O2S/c17-12-1-3-14(4-2-12)22-11-15(21)19-13-5-8-20(9-6-13)16-18-7-10-23-16/h1-4,7,10,13H,5-6,8-9,11H2,(H,19,21). The summed E-state index contributed by atoms with van der Waals surface area (Å²) >= 11 is 7.46. The zero-order valence-corrected chi connectivity index (χ0v) is 14.1. The third-order valence-electron chi connectivity index (χ3n) is 3.73. The maximum Gasteiger partial charge on any atom is 0.258 e. The van der Waals surface area contributed by atoms with Crippen molar-refractivity contribution in [1.29, 1.82) is 0 Å². The fourth-order valence-corrected chi connectivity index (χ4v) is 3.36. The number of hydrogen-bond donors (Lipinski definition) is 1. The molecule has 3 rings (SSSR count). The number of nitrogens with one attached hydrogen (secondary N) is 1. The van der Waals surface area contributed by atoms with Crippen LogP contribution in [0.15, 0.2) is 35.8 Å². The molecular weight excluding hydrogens is 334 g/mol. The van der Waals surface area contributed by atoms with Gasteiger partial charge in [0.25, 0.3) is 5.91 Å². The number of rotatable bonds is 5. The lowest BCUT2D eigenvalue weighted by Crippen LogP contribution is -2.46. The number of hydrogen-bond acceptors (Lipinski definition) is 5. The molecular formula is C16H18ClN3O2S. The molecule has 0 atom stereocenters. The summed E-state index contributed by atoms with van der Waals surface area (Å²) in [4.78, 5) is 18.6. The highest BCUT2D eigenvalue weighted by Gasteiger charge is 2.22. The first-order chi connectivity index (χ1) is 11.2. The van der Waals surface area contributed by atoms with Crippen LogP contribution < -0.4 is 15.0 Å². The van der Waals surface area contributed by atoms with Crippen LogP contribution in [0.4, 0.5) is 5.13 Å². The van der Waals surface area contributed by atoms with E-state index in [4.69, 9.17) is 16.3 Å². The van der Waals surface area contributed by atoms with Crippen molar-refractivity contribution in [1.82, 2.24) is 10.3 Å². The maximum absolute atomic E-state index is 12.0. The average Bonchev–Trinajstić information content (AvgIpc) is 3.09. The second-order valence-electron chi connectivity index (χ2n) is 5.39. The smallest absolute Gasteiger partial charge is 0.258 e. The largest absolute Gasteiger partial charge is 0.484 e. The Hall–Kier alpha value is -1.79. The van der Waals surface area contributed by atoms with E-state index in [1.165, 1.54) is 0 Å². The van der Waals surface area contributed by atoms with Crippen LogP contribution in [-0.2, 0) is 4.79 Å². The number of thiazole rings is 1. The van der Waals surface area contributed by atoms with Crippen molar-refractivity contribution in [2.45, 2.75) is 18.9 Å². The van der Waals surface area contributed by atoms with Gasteiger partial charge in [-0.25, -0.2) is 4.98 Å². The van der Waals surface area contributed by atoms with Crippen LogP contribution in [0.5, 0.6) is 5.75 Å². The van der Waals surface area contributed by atoms with Gasteiger partial charge in [0.2, 0.25) is 0 Å². The zero-order valence-electron chi connectivity index (χ0n) is 12.6. The van der Waals surface area contributed by atoms with Gasteiger partial charge in [0, 0.05) is 35.7 Å². The average molecular weight is 352 g/mol. The lowest BCUT2D eigenvalue weighted by atomic mass is 10.1. The molecule has 0 radical (unpaired) electrons. The van der Waals surface area contributed by atoms with Crippen molar-refractivity contribution in [2.24, 2.45) is 0 Å². The number of anilines is 1. The molecule has 0 unspecified atom stereocenters. The molecule has 7 heteroatoms. The van der Waals surface area contributed by atoms with Crippen molar-refractivity contribution < 1.29 is 9.53 Å². The highest BCUT2D eigenvalue weighted by atomic mass is 35.5. The minimum atomic E-state index is -0.0901. The number of piperidine rings is 1. The molecule has 122 valence electrons. The minimum absolute atomic E-state index is 0.0221. The zero-order chi connectivity index (χ0) is 16.1. The molecule has 1 fully saturated rings. The maximum atomic E-state index is 12.0. The molecule has 2 heterocycles. The quantitative estimate of drug-likeness (QED) is 0.899. The van der Waals surface area contributed by atoms with Crippen molar-refractivity contribution in [2.75, 3.05) is 24.6 Å². The fraction of sp³-hybridized carbons (Fsp3) is 0.375. The predicted molar refractivity (Wildman–Crippen MR) is 92.4 cm³/mol. The van der Waals surface area contributed by atoms with Gasteiger partial charge in [-0.2, -0.15) is 0 Å². The lowest BCUT2D eigenvalue weighted by Gasteiger charge is -2.32. The molecule has 1 saturated heterocycles. The van der Waals surface area contributed by atoms with E-state index < -0.39 is 0 Å². The number of halogens is 1. The second-order valence-corrected chi connectivity index (χ2v) is 6.70. The van der Waals surface area contributed by atoms with E-state index in [-0.39, 0.29) is 18.6 Å². The number of benzene rings is 1. The molecule has 0 bridgehead atoms. The van der Waals surface area contributed by atoms with Gasteiger partial charge in [-0.3, -0.25) is 4.79 Å². The molecule has 0 aliphatic carbocycles. The van der Waals surface area contributed by atoms with Gasteiger partial charge in [-0.15, -0.1) is 11.3 Å². The normalized spacial score (nSPS) is 15.4. The molecule has 1 aromatic carbocycles. The molecule has 0 saturated carbocycles. The predicted octanol–water partition coefficient (Wildman–Crippen LogP) is 2.96. The van der Waals surface area contributed by atoms with Gasteiger partial charge in [-0.1, -0.05) is 11.6 Å². The molecule has 1 aliphatic heterocycles. The topological polar surface area (TPSA) is 54.5 Å². The van der Waals surface area contributed by atoms with Crippen molar-refractivity contribution in [3.8, 4) is 5.75 Å². The van der Waals surface area contributed by atoms with Gasteiger partial charge >= 0.3 is 0 Å². The number of nitrogens with zero attached hydrogens (tertiary/aromatic N) is 2. The van der Waals surface area contributed by atoms with Crippen LogP contribution >= 0.6 is 22.9 Å². The van der Waals surface area contributed by atoms with Gasteiger partial charge < -0.3 is 15.0 Å². The third-order valence-corrected chi connectivity index (χ3v) is 4.82. The Bertz CT molecular complexity index is 625. The number of carbonyl (C=O) groups excluding carboxylic acids is 1. The Morgan fingerprint density at radius 2 is 2.09 bits per heavy atom. The van der Waals surface area contributed by atoms with Crippen molar-refractivity contribution >= 4 is 34.0 Å². The van der Waals surface area contributed by atoms with E-state index in [1.807, 2.05) is 11.6 Å². The summed E-state index contributed by atoms with van der Waals surface area (Å²) in [5.41, 5.74) is 0. The van der Waals surface area contributed by atoms with Crippen LogP contribution in [0.3, 0.4) is 0 Å². The Balaban J connectivity index is 1.40. The molecule has 23 heavy (non-hydrogen) atoms. The monoisotopic (exact) mass is 351 g/mol. The van der Waals surface area contributed by atoms with Gasteiger partial charge in [0.15, 0.2) is 11.7 Å². The summed E-state index contributed by atoms with van der Waals surface area (Å²) in [6.45, 7) is 1.85. The first kappa shape index (κ1) is 16.1. The third kappa shape index (κ3) is 4.59. The second kappa shape index (κ2) is 7.66. The van der Waals surface area contributed by atoms with Gasteiger partial charge in [-0.05, 0) is 37.1 Å². The molecule has 2 aromatic rings. The summed E-state index contributed by atoms with van der Waals surface area (Å²) in [6, 6.07) is 7.18. The molecule has 1 aromatic heterocycles. The number of amides is 1. The van der Waals surface area contributed by atoms with Gasteiger partial charge in [0.05, 0.1) is 0 Å². The molecule has 1 amide bonds. The van der Waals surface area contributed by atoms with Crippen LogP contribution in [-0.4, -0.2) is 36.6 Å². The van der Waals surface area contributed by atoms with E-state index >= 15 is 0 Å². The van der Waals surface area contributed by atoms with Crippen LogP contribution in [0.1, 0.15) is 12.8 Å². The number of ether oxygens (including phenoxy) is 1. The molecule has 1 N–H and O–H groups in total. The molecule has 5 nitrogen and oxygen atoms in total. The fourth-order valence-electron chi connectivity index (χ4n) is 2.54. The SMILES string of the molecule is O=C(COc1ccc(Cl)cc1)NC1CCN(c2nccs2)CC1. The van der Waals surface area contributed by atoms with E-state index in [2.05, 4.69) is 15.2 Å². The van der Waals surface area contributed by atoms with E-state index in [0.717, 1.165) is 31.1 Å². The Morgan fingerprint density at radius 1 is 1.35 bits per heavy atom. The van der Waals surface area contributed by atoms with E-state index in [0.29, 0.717) is 10.8 Å². The first-order valence-corrected chi connectivity index (χ1v) is 8.78. The molecule has 0 spiro atoms. The molecule has 1 aliphatic rings. The lowest BCUT2D eigenvalue weighted by molar-refractivity contribution is -0.123. The van der Waals surface area contributed by atoms with Crippen LogP contribution in [0, 0.1) is 0 Å². The summed E-state index contributed by atoms with van der Waals surface area (Å²) in [5.74, 6) is 0.552. The van der Waals surface area contributed by atoms with Crippen molar-refractivity contribution in [3.05, 3.63) is 40.9 Å². The first-order valence-electron chi connectivity index (χ1n) is 7.53.